The number of amides is 1. The van der Waals surface area contributed by atoms with Crippen molar-refractivity contribution in [2.24, 2.45) is 0 Å². The van der Waals surface area contributed by atoms with Gasteiger partial charge >= 0.3 is 0 Å². The lowest BCUT2D eigenvalue weighted by atomic mass is 10.0. The van der Waals surface area contributed by atoms with Gasteiger partial charge in [0.25, 0.3) is 5.91 Å². The van der Waals surface area contributed by atoms with E-state index in [1.54, 1.807) is 7.11 Å². The lowest BCUT2D eigenvalue weighted by Crippen LogP contribution is -2.38. The molecule has 0 saturated carbocycles. The van der Waals surface area contributed by atoms with E-state index < -0.39 is 0 Å². The van der Waals surface area contributed by atoms with Crippen LogP contribution in [0.5, 0.6) is 11.5 Å². The van der Waals surface area contributed by atoms with E-state index in [9.17, 15) is 4.79 Å². The molecular weight excluding hydrogens is 424 g/mol. The van der Waals surface area contributed by atoms with Gasteiger partial charge in [0.15, 0.2) is 11.5 Å². The summed E-state index contributed by atoms with van der Waals surface area (Å²) in [6.45, 7) is 10.4. The highest BCUT2D eigenvalue weighted by molar-refractivity contribution is 6.04. The molecule has 0 bridgehead atoms. The van der Waals surface area contributed by atoms with Crippen molar-refractivity contribution in [2.75, 3.05) is 25.6 Å². The molecule has 180 valence electrons. The Morgan fingerprint density at radius 2 is 1.50 bits per heavy atom. The van der Waals surface area contributed by atoms with E-state index in [1.807, 2.05) is 60.7 Å². The molecule has 0 atom stereocenters. The van der Waals surface area contributed by atoms with Gasteiger partial charge in [0.05, 0.1) is 13.7 Å². The topological polar surface area (TPSA) is 50.8 Å². The highest BCUT2D eigenvalue weighted by Crippen LogP contribution is 2.31. The van der Waals surface area contributed by atoms with Crippen LogP contribution in [0.2, 0.25) is 0 Å². The minimum absolute atomic E-state index is 0.166. The average molecular weight is 461 g/mol. The Kier molecular flexibility index (Phi) is 9.11. The Morgan fingerprint density at radius 1 is 0.853 bits per heavy atom. The van der Waals surface area contributed by atoms with E-state index in [0.717, 1.165) is 24.1 Å². The van der Waals surface area contributed by atoms with Gasteiger partial charge in [0.1, 0.15) is 0 Å². The van der Waals surface area contributed by atoms with Crippen LogP contribution >= 0.6 is 0 Å². The largest absolute Gasteiger partial charge is 0.493 e. The molecule has 3 aromatic rings. The first-order valence-corrected chi connectivity index (χ1v) is 11.9. The number of nitrogens with one attached hydrogen (secondary N) is 1. The van der Waals surface area contributed by atoms with Gasteiger partial charge in [0, 0.05) is 35.9 Å². The summed E-state index contributed by atoms with van der Waals surface area (Å²) in [6, 6.07) is 24.2. The number of methoxy groups -OCH3 is 1. The summed E-state index contributed by atoms with van der Waals surface area (Å²) in [5.41, 5.74) is 3.46. The zero-order chi connectivity index (χ0) is 24.5. The maximum atomic E-state index is 12.8. The maximum absolute atomic E-state index is 12.8. The SMILES string of the molecule is COc1ccc(NC(=O)c2ccc(-c3ccccc3)cc2)cc1OCCCN(C(C)C)C(C)C. The molecule has 0 saturated heterocycles. The van der Waals surface area contributed by atoms with Crippen molar-refractivity contribution in [3.05, 3.63) is 78.4 Å². The van der Waals surface area contributed by atoms with Crippen LogP contribution in [0.1, 0.15) is 44.5 Å². The fraction of sp³-hybridized carbons (Fsp3) is 0.345. The molecule has 3 rings (SSSR count). The second-order valence-electron chi connectivity index (χ2n) is 8.89. The Labute approximate surface area is 203 Å². The van der Waals surface area contributed by atoms with E-state index in [4.69, 9.17) is 9.47 Å². The fourth-order valence-corrected chi connectivity index (χ4v) is 4.06. The number of nitrogens with zero attached hydrogens (tertiary/aromatic N) is 1. The fourth-order valence-electron chi connectivity index (χ4n) is 4.06. The molecule has 5 heteroatoms. The number of rotatable bonds is 11. The highest BCUT2D eigenvalue weighted by atomic mass is 16.5. The number of carbonyl (C=O) groups is 1. The summed E-state index contributed by atoms with van der Waals surface area (Å²) >= 11 is 0. The molecule has 0 aliphatic heterocycles. The Balaban J connectivity index is 1.61. The molecule has 0 radical (unpaired) electrons. The van der Waals surface area contributed by atoms with Crippen LogP contribution < -0.4 is 14.8 Å². The zero-order valence-electron chi connectivity index (χ0n) is 20.9. The summed E-state index contributed by atoms with van der Waals surface area (Å²) in [6.07, 6.45) is 0.907. The average Bonchev–Trinajstić information content (AvgIpc) is 2.84. The van der Waals surface area contributed by atoms with E-state index in [0.29, 0.717) is 41.4 Å². The molecule has 0 aromatic heterocycles. The second kappa shape index (κ2) is 12.2. The molecular formula is C29H36N2O3. The molecule has 5 nitrogen and oxygen atoms in total. The molecule has 0 heterocycles. The predicted molar refractivity (Wildman–Crippen MR) is 140 cm³/mol. The van der Waals surface area contributed by atoms with E-state index in [2.05, 4.69) is 50.0 Å². The quantitative estimate of drug-likeness (QED) is 0.332. The van der Waals surface area contributed by atoms with E-state index in [-0.39, 0.29) is 5.91 Å². The third kappa shape index (κ3) is 6.84. The lowest BCUT2D eigenvalue weighted by molar-refractivity contribution is 0.102. The Bertz CT molecular complexity index is 1040. The first-order chi connectivity index (χ1) is 16.4. The minimum Gasteiger partial charge on any atom is -0.493 e. The normalized spacial score (nSPS) is 11.2. The molecule has 0 aliphatic carbocycles. The summed E-state index contributed by atoms with van der Waals surface area (Å²) in [4.78, 5) is 15.2. The van der Waals surface area contributed by atoms with Gasteiger partial charge in [-0.05, 0) is 69.5 Å². The number of anilines is 1. The van der Waals surface area contributed by atoms with Crippen molar-refractivity contribution in [3.63, 3.8) is 0 Å². The molecule has 34 heavy (non-hydrogen) atoms. The molecule has 3 aromatic carbocycles. The smallest absolute Gasteiger partial charge is 0.255 e. The Hall–Kier alpha value is -3.31. The zero-order valence-corrected chi connectivity index (χ0v) is 20.9. The van der Waals surface area contributed by atoms with Gasteiger partial charge in [-0.3, -0.25) is 9.69 Å². The van der Waals surface area contributed by atoms with Crippen LogP contribution in [0.15, 0.2) is 72.8 Å². The number of carbonyl (C=O) groups excluding carboxylic acids is 1. The summed E-state index contributed by atoms with van der Waals surface area (Å²) < 4.78 is 11.5. The molecule has 1 amide bonds. The number of hydrogen-bond acceptors (Lipinski definition) is 4. The van der Waals surface area contributed by atoms with Crippen LogP contribution in [-0.4, -0.2) is 43.2 Å². The molecule has 0 unspecified atom stereocenters. The van der Waals surface area contributed by atoms with Crippen molar-refractivity contribution < 1.29 is 14.3 Å². The second-order valence-corrected chi connectivity index (χ2v) is 8.89. The van der Waals surface area contributed by atoms with Crippen molar-refractivity contribution in [2.45, 2.75) is 46.2 Å². The van der Waals surface area contributed by atoms with Crippen LogP contribution in [0, 0.1) is 0 Å². The van der Waals surface area contributed by atoms with Crippen molar-refractivity contribution in [1.29, 1.82) is 0 Å². The van der Waals surface area contributed by atoms with E-state index >= 15 is 0 Å². The molecule has 1 N–H and O–H groups in total. The van der Waals surface area contributed by atoms with Crippen LogP contribution in [-0.2, 0) is 0 Å². The van der Waals surface area contributed by atoms with Crippen molar-refractivity contribution >= 4 is 11.6 Å². The summed E-state index contributed by atoms with van der Waals surface area (Å²) in [5.74, 6) is 1.11. The molecule has 0 spiro atoms. The first-order valence-electron chi connectivity index (χ1n) is 11.9. The third-order valence-corrected chi connectivity index (χ3v) is 5.82. The number of ether oxygens (including phenoxy) is 2. The third-order valence-electron chi connectivity index (χ3n) is 5.82. The van der Waals surface area contributed by atoms with Gasteiger partial charge in [-0.2, -0.15) is 0 Å². The van der Waals surface area contributed by atoms with Gasteiger partial charge in [-0.15, -0.1) is 0 Å². The van der Waals surface area contributed by atoms with Crippen LogP contribution in [0.25, 0.3) is 11.1 Å². The Morgan fingerprint density at radius 3 is 2.12 bits per heavy atom. The van der Waals surface area contributed by atoms with Gasteiger partial charge in [-0.25, -0.2) is 0 Å². The minimum atomic E-state index is -0.166. The van der Waals surface area contributed by atoms with Crippen molar-refractivity contribution in [1.82, 2.24) is 4.90 Å². The monoisotopic (exact) mass is 460 g/mol. The molecule has 0 fully saturated rings. The predicted octanol–water partition coefficient (Wildman–Crippen LogP) is 6.50. The van der Waals surface area contributed by atoms with Crippen LogP contribution in [0.4, 0.5) is 5.69 Å². The van der Waals surface area contributed by atoms with Gasteiger partial charge in [0.2, 0.25) is 0 Å². The number of hydrogen-bond donors (Lipinski definition) is 1. The standard InChI is InChI=1S/C29H36N2O3/c1-21(2)31(22(3)4)18-9-19-34-28-20-26(16-17-27(28)33-5)30-29(32)25-14-12-24(13-15-25)23-10-7-6-8-11-23/h6-8,10-17,20-22H,9,18-19H2,1-5H3,(H,30,32). The lowest BCUT2D eigenvalue weighted by Gasteiger charge is -2.30. The van der Waals surface area contributed by atoms with Gasteiger partial charge in [-0.1, -0.05) is 42.5 Å². The summed E-state index contributed by atoms with van der Waals surface area (Å²) in [5, 5.41) is 2.96. The first kappa shape index (κ1) is 25.3. The number of benzene rings is 3. The van der Waals surface area contributed by atoms with E-state index in [1.165, 1.54) is 0 Å². The maximum Gasteiger partial charge on any atom is 0.255 e. The highest BCUT2D eigenvalue weighted by Gasteiger charge is 2.14. The van der Waals surface area contributed by atoms with Crippen LogP contribution in [0.3, 0.4) is 0 Å². The van der Waals surface area contributed by atoms with Gasteiger partial charge < -0.3 is 14.8 Å². The summed E-state index contributed by atoms with van der Waals surface area (Å²) in [7, 11) is 1.62. The van der Waals surface area contributed by atoms with Crippen molar-refractivity contribution in [3.8, 4) is 22.6 Å². The molecule has 0 aliphatic rings.